The maximum absolute atomic E-state index is 4.32. The van der Waals surface area contributed by atoms with Gasteiger partial charge in [-0.1, -0.05) is 59.9 Å². The third kappa shape index (κ3) is 3.83. The Morgan fingerprint density at radius 1 is 1.11 bits per heavy atom. The Morgan fingerprint density at radius 3 is 2.33 bits per heavy atom. The number of hydrogen-bond acceptors (Lipinski definition) is 1. The van der Waals surface area contributed by atoms with Crippen molar-refractivity contribution in [2.45, 2.75) is 59.8 Å². The topological polar surface area (TPSA) is 12.9 Å². The summed E-state index contributed by atoms with van der Waals surface area (Å²) in [6.45, 7) is 11.8. The Balaban J connectivity index is 2.95. The zero-order chi connectivity index (χ0) is 13.5. The molecule has 0 bridgehead atoms. The summed E-state index contributed by atoms with van der Waals surface area (Å²) < 4.78 is 0. The molecule has 1 nitrogen and oxygen atoms in total. The minimum absolute atomic E-state index is 0.647. The standard InChI is InChI=1S/C17H29N/c1-6-9-14(4)17(15(5)13(3)7-2)16-10-8-11-18-12-16/h8,10-15,17H,6-7,9H2,1-5H3. The smallest absolute Gasteiger partial charge is 0.0302 e. The van der Waals surface area contributed by atoms with Crippen LogP contribution in [-0.4, -0.2) is 4.98 Å². The van der Waals surface area contributed by atoms with E-state index in [9.17, 15) is 0 Å². The van der Waals surface area contributed by atoms with Gasteiger partial charge in [0.05, 0.1) is 0 Å². The van der Waals surface area contributed by atoms with Gasteiger partial charge in [0.15, 0.2) is 0 Å². The molecule has 0 radical (unpaired) electrons. The van der Waals surface area contributed by atoms with Gasteiger partial charge >= 0.3 is 0 Å². The van der Waals surface area contributed by atoms with Crippen molar-refractivity contribution in [1.29, 1.82) is 0 Å². The van der Waals surface area contributed by atoms with Crippen LogP contribution in [0, 0.1) is 17.8 Å². The molecule has 1 heterocycles. The molecule has 1 aromatic heterocycles. The summed E-state index contributed by atoms with van der Waals surface area (Å²) in [5.74, 6) is 2.88. The molecule has 1 rings (SSSR count). The van der Waals surface area contributed by atoms with E-state index >= 15 is 0 Å². The van der Waals surface area contributed by atoms with Crippen molar-refractivity contribution >= 4 is 0 Å². The van der Waals surface area contributed by atoms with Gasteiger partial charge < -0.3 is 0 Å². The molecule has 0 aliphatic heterocycles. The fourth-order valence-electron chi connectivity index (χ4n) is 3.08. The van der Waals surface area contributed by atoms with Crippen LogP contribution in [0.4, 0.5) is 0 Å². The van der Waals surface area contributed by atoms with E-state index in [-0.39, 0.29) is 0 Å². The first-order valence-corrected chi connectivity index (χ1v) is 7.51. The zero-order valence-corrected chi connectivity index (χ0v) is 12.7. The normalized spacial score (nSPS) is 18.1. The number of aromatic nitrogens is 1. The lowest BCUT2D eigenvalue weighted by Crippen LogP contribution is -2.23. The van der Waals surface area contributed by atoms with Gasteiger partial charge in [-0.25, -0.2) is 0 Å². The molecule has 4 unspecified atom stereocenters. The molecule has 0 aromatic carbocycles. The van der Waals surface area contributed by atoms with E-state index < -0.39 is 0 Å². The van der Waals surface area contributed by atoms with Crippen molar-refractivity contribution in [2.24, 2.45) is 17.8 Å². The maximum Gasteiger partial charge on any atom is 0.0302 e. The van der Waals surface area contributed by atoms with Crippen LogP contribution >= 0.6 is 0 Å². The quantitative estimate of drug-likeness (QED) is 0.638. The molecule has 0 saturated heterocycles. The summed E-state index contributed by atoms with van der Waals surface area (Å²) >= 11 is 0. The van der Waals surface area contributed by atoms with Gasteiger partial charge in [-0.05, 0) is 35.3 Å². The molecule has 0 aliphatic carbocycles. The first-order chi connectivity index (χ1) is 8.61. The van der Waals surface area contributed by atoms with Crippen LogP contribution in [-0.2, 0) is 0 Å². The molecular weight excluding hydrogens is 218 g/mol. The van der Waals surface area contributed by atoms with Crippen LogP contribution in [0.15, 0.2) is 24.5 Å². The van der Waals surface area contributed by atoms with Crippen molar-refractivity contribution in [1.82, 2.24) is 4.98 Å². The van der Waals surface area contributed by atoms with Crippen LogP contribution in [0.3, 0.4) is 0 Å². The Hall–Kier alpha value is -0.850. The van der Waals surface area contributed by atoms with Gasteiger partial charge in [0.25, 0.3) is 0 Å². The first kappa shape index (κ1) is 15.2. The average Bonchev–Trinajstić information content (AvgIpc) is 2.39. The summed E-state index contributed by atoms with van der Waals surface area (Å²) in [4.78, 5) is 4.32. The second-order valence-corrected chi connectivity index (χ2v) is 5.82. The lowest BCUT2D eigenvalue weighted by atomic mass is 9.72. The van der Waals surface area contributed by atoms with Crippen molar-refractivity contribution in [3.8, 4) is 0 Å². The molecule has 18 heavy (non-hydrogen) atoms. The molecule has 0 fully saturated rings. The highest BCUT2D eigenvalue weighted by Crippen LogP contribution is 2.38. The van der Waals surface area contributed by atoms with Crippen LogP contribution < -0.4 is 0 Å². The van der Waals surface area contributed by atoms with Crippen LogP contribution in [0.5, 0.6) is 0 Å². The highest BCUT2D eigenvalue weighted by molar-refractivity contribution is 5.16. The molecule has 0 spiro atoms. The Kier molecular flexibility index (Phi) is 6.38. The van der Waals surface area contributed by atoms with Gasteiger partial charge in [-0.2, -0.15) is 0 Å². The molecule has 4 atom stereocenters. The molecule has 0 aliphatic rings. The minimum atomic E-state index is 0.647. The van der Waals surface area contributed by atoms with E-state index in [1.165, 1.54) is 24.8 Å². The second-order valence-electron chi connectivity index (χ2n) is 5.82. The van der Waals surface area contributed by atoms with Gasteiger partial charge in [-0.15, -0.1) is 0 Å². The van der Waals surface area contributed by atoms with E-state index in [4.69, 9.17) is 0 Å². The van der Waals surface area contributed by atoms with E-state index in [0.717, 1.165) is 17.8 Å². The summed E-state index contributed by atoms with van der Waals surface area (Å²) in [6, 6.07) is 4.33. The molecular formula is C17H29N. The predicted molar refractivity (Wildman–Crippen MR) is 79.7 cm³/mol. The van der Waals surface area contributed by atoms with Crippen molar-refractivity contribution < 1.29 is 0 Å². The van der Waals surface area contributed by atoms with Crippen molar-refractivity contribution in [3.05, 3.63) is 30.1 Å². The zero-order valence-electron chi connectivity index (χ0n) is 12.7. The summed E-state index contributed by atoms with van der Waals surface area (Å²) in [7, 11) is 0. The van der Waals surface area contributed by atoms with E-state index in [1.54, 1.807) is 0 Å². The lowest BCUT2D eigenvalue weighted by molar-refractivity contribution is 0.249. The van der Waals surface area contributed by atoms with Crippen molar-refractivity contribution in [3.63, 3.8) is 0 Å². The fourth-order valence-corrected chi connectivity index (χ4v) is 3.08. The minimum Gasteiger partial charge on any atom is -0.264 e. The molecule has 0 saturated carbocycles. The Bertz CT molecular complexity index is 320. The monoisotopic (exact) mass is 247 g/mol. The Labute approximate surface area is 113 Å². The summed E-state index contributed by atoms with van der Waals surface area (Å²) in [6.07, 6.45) is 7.77. The van der Waals surface area contributed by atoms with Gasteiger partial charge in [-0.3, -0.25) is 4.98 Å². The molecule has 1 aromatic rings. The largest absolute Gasteiger partial charge is 0.264 e. The van der Waals surface area contributed by atoms with Crippen LogP contribution in [0.2, 0.25) is 0 Å². The second kappa shape index (κ2) is 7.56. The Morgan fingerprint density at radius 2 is 1.83 bits per heavy atom. The van der Waals surface area contributed by atoms with Gasteiger partial charge in [0.1, 0.15) is 0 Å². The molecule has 1 heteroatoms. The van der Waals surface area contributed by atoms with E-state index in [1.807, 2.05) is 6.20 Å². The first-order valence-electron chi connectivity index (χ1n) is 7.51. The summed E-state index contributed by atoms with van der Waals surface area (Å²) in [5.41, 5.74) is 1.42. The molecule has 0 N–H and O–H groups in total. The third-order valence-electron chi connectivity index (χ3n) is 4.53. The predicted octanol–water partition coefficient (Wildman–Crippen LogP) is 5.28. The van der Waals surface area contributed by atoms with E-state index in [0.29, 0.717) is 5.92 Å². The summed E-state index contributed by atoms with van der Waals surface area (Å²) in [5, 5.41) is 0. The SMILES string of the molecule is CCCC(C)C(c1cccnc1)C(C)C(C)CC. The number of pyridine rings is 1. The third-order valence-corrected chi connectivity index (χ3v) is 4.53. The van der Waals surface area contributed by atoms with Crippen molar-refractivity contribution in [2.75, 3.05) is 0 Å². The molecule has 0 amide bonds. The fraction of sp³-hybridized carbons (Fsp3) is 0.706. The van der Waals surface area contributed by atoms with E-state index in [2.05, 4.69) is 57.9 Å². The van der Waals surface area contributed by atoms with Crippen LogP contribution in [0.25, 0.3) is 0 Å². The maximum atomic E-state index is 4.32. The molecule has 102 valence electrons. The number of nitrogens with zero attached hydrogens (tertiary/aromatic N) is 1. The number of hydrogen-bond donors (Lipinski definition) is 0. The lowest BCUT2D eigenvalue weighted by Gasteiger charge is -2.33. The van der Waals surface area contributed by atoms with Crippen LogP contribution in [0.1, 0.15) is 65.4 Å². The number of rotatable bonds is 7. The average molecular weight is 247 g/mol. The van der Waals surface area contributed by atoms with Gasteiger partial charge in [0, 0.05) is 12.4 Å². The van der Waals surface area contributed by atoms with Gasteiger partial charge in [0.2, 0.25) is 0 Å². The highest BCUT2D eigenvalue weighted by Gasteiger charge is 2.27. The highest BCUT2D eigenvalue weighted by atomic mass is 14.6.